The standard InChI is InChI=1S/C28H32N4O2S/c1-20-22(8-13-27(30-20)35-25-11-9-24(34-2)10-12-25)19-31-16-14-23(15-17-31)32-26(18-29-28(32)33)21-6-4-3-5-7-21/h3-13,23,26H,14-19H2,1-2H3,(H,29,33)/t26-/m0/s1. The fourth-order valence-corrected chi connectivity index (χ4v) is 5.87. The fourth-order valence-electron chi connectivity index (χ4n) is 5.04. The van der Waals surface area contributed by atoms with Gasteiger partial charge < -0.3 is 15.0 Å². The Bertz CT molecular complexity index is 1150. The normalized spacial score (nSPS) is 19.1. The molecule has 0 radical (unpaired) electrons. The van der Waals surface area contributed by atoms with Gasteiger partial charge in [0.1, 0.15) is 10.8 Å². The van der Waals surface area contributed by atoms with Gasteiger partial charge in [0.05, 0.1) is 13.2 Å². The van der Waals surface area contributed by atoms with Gasteiger partial charge in [0, 0.05) is 42.8 Å². The zero-order valence-corrected chi connectivity index (χ0v) is 21.1. The van der Waals surface area contributed by atoms with Crippen LogP contribution in [0.25, 0.3) is 0 Å². The summed E-state index contributed by atoms with van der Waals surface area (Å²) in [4.78, 5) is 23.2. The second kappa shape index (κ2) is 10.7. The molecule has 2 saturated heterocycles. The van der Waals surface area contributed by atoms with Gasteiger partial charge >= 0.3 is 6.03 Å². The Morgan fingerprint density at radius 2 is 1.77 bits per heavy atom. The number of urea groups is 1. The molecule has 35 heavy (non-hydrogen) atoms. The van der Waals surface area contributed by atoms with Crippen LogP contribution in [0, 0.1) is 6.92 Å². The van der Waals surface area contributed by atoms with Crippen LogP contribution in [0.4, 0.5) is 4.79 Å². The lowest BCUT2D eigenvalue weighted by Crippen LogP contribution is -2.46. The first kappa shape index (κ1) is 23.7. The van der Waals surface area contributed by atoms with Crippen molar-refractivity contribution < 1.29 is 9.53 Å². The zero-order chi connectivity index (χ0) is 24.2. The van der Waals surface area contributed by atoms with Gasteiger partial charge in [-0.05, 0) is 61.2 Å². The Morgan fingerprint density at radius 3 is 2.46 bits per heavy atom. The van der Waals surface area contributed by atoms with Crippen molar-refractivity contribution in [3.63, 3.8) is 0 Å². The van der Waals surface area contributed by atoms with Gasteiger partial charge in [-0.3, -0.25) is 4.90 Å². The number of nitrogens with one attached hydrogen (secondary N) is 1. The van der Waals surface area contributed by atoms with Crippen LogP contribution >= 0.6 is 11.8 Å². The van der Waals surface area contributed by atoms with Crippen LogP contribution in [-0.4, -0.2) is 53.6 Å². The predicted octanol–water partition coefficient (Wildman–Crippen LogP) is 5.28. The molecular formula is C28H32N4O2S. The maximum absolute atomic E-state index is 12.7. The van der Waals surface area contributed by atoms with Crippen molar-refractivity contribution in [3.05, 3.63) is 83.6 Å². The molecule has 5 rings (SSSR count). The van der Waals surface area contributed by atoms with Crippen LogP contribution in [0.2, 0.25) is 0 Å². The molecule has 0 saturated carbocycles. The van der Waals surface area contributed by atoms with E-state index in [0.29, 0.717) is 6.54 Å². The molecular weight excluding hydrogens is 456 g/mol. The molecule has 3 aromatic rings. The third kappa shape index (κ3) is 5.46. The first-order valence-corrected chi connectivity index (χ1v) is 13.0. The van der Waals surface area contributed by atoms with E-state index in [1.807, 2.05) is 18.2 Å². The number of amides is 2. The molecule has 7 heteroatoms. The Hall–Kier alpha value is -3.03. The lowest BCUT2D eigenvalue weighted by Gasteiger charge is -2.39. The Labute approximate surface area is 211 Å². The number of likely N-dealkylation sites (tertiary alicyclic amines) is 1. The van der Waals surface area contributed by atoms with Gasteiger partial charge in [-0.1, -0.05) is 48.2 Å². The number of methoxy groups -OCH3 is 1. The number of hydrogen-bond acceptors (Lipinski definition) is 5. The van der Waals surface area contributed by atoms with E-state index in [9.17, 15) is 4.79 Å². The number of ether oxygens (including phenoxy) is 1. The topological polar surface area (TPSA) is 57.7 Å². The molecule has 3 heterocycles. The summed E-state index contributed by atoms with van der Waals surface area (Å²) in [7, 11) is 1.68. The van der Waals surface area contributed by atoms with Crippen LogP contribution in [0.1, 0.15) is 35.7 Å². The number of carbonyl (C=O) groups excluding carboxylic acids is 1. The van der Waals surface area contributed by atoms with Crippen molar-refractivity contribution in [2.45, 2.75) is 48.3 Å². The van der Waals surface area contributed by atoms with Crippen LogP contribution in [-0.2, 0) is 6.54 Å². The molecule has 1 N–H and O–H groups in total. The summed E-state index contributed by atoms with van der Waals surface area (Å²) >= 11 is 1.66. The minimum Gasteiger partial charge on any atom is -0.497 e. The average molecular weight is 489 g/mol. The Balaban J connectivity index is 1.17. The van der Waals surface area contributed by atoms with Crippen molar-refractivity contribution >= 4 is 17.8 Å². The van der Waals surface area contributed by atoms with Crippen molar-refractivity contribution in [1.82, 2.24) is 20.1 Å². The summed E-state index contributed by atoms with van der Waals surface area (Å²) < 4.78 is 5.24. The summed E-state index contributed by atoms with van der Waals surface area (Å²) in [5.74, 6) is 0.860. The number of rotatable bonds is 7. The van der Waals surface area contributed by atoms with E-state index in [2.05, 4.69) is 70.6 Å². The first-order valence-electron chi connectivity index (χ1n) is 12.2. The van der Waals surface area contributed by atoms with E-state index < -0.39 is 0 Å². The van der Waals surface area contributed by atoms with Crippen molar-refractivity contribution in [2.75, 3.05) is 26.7 Å². The number of hydrogen-bond donors (Lipinski definition) is 1. The predicted molar refractivity (Wildman–Crippen MR) is 139 cm³/mol. The molecule has 182 valence electrons. The summed E-state index contributed by atoms with van der Waals surface area (Å²) in [6.45, 7) is 5.65. The maximum Gasteiger partial charge on any atom is 0.318 e. The largest absolute Gasteiger partial charge is 0.497 e. The van der Waals surface area contributed by atoms with Gasteiger partial charge in [0.25, 0.3) is 0 Å². The molecule has 2 amide bonds. The van der Waals surface area contributed by atoms with E-state index in [1.54, 1.807) is 18.9 Å². The first-order chi connectivity index (χ1) is 17.1. The van der Waals surface area contributed by atoms with Gasteiger partial charge in [-0.2, -0.15) is 0 Å². The van der Waals surface area contributed by atoms with Gasteiger partial charge in [-0.25, -0.2) is 9.78 Å². The van der Waals surface area contributed by atoms with Gasteiger partial charge in [-0.15, -0.1) is 0 Å². The van der Waals surface area contributed by atoms with Crippen LogP contribution in [0.5, 0.6) is 5.75 Å². The highest BCUT2D eigenvalue weighted by atomic mass is 32.2. The highest BCUT2D eigenvalue weighted by molar-refractivity contribution is 7.99. The van der Waals surface area contributed by atoms with E-state index >= 15 is 0 Å². The molecule has 2 aliphatic heterocycles. The maximum atomic E-state index is 12.7. The molecule has 0 spiro atoms. The third-order valence-electron chi connectivity index (χ3n) is 7.00. The van der Waals surface area contributed by atoms with Crippen molar-refractivity contribution in [1.29, 1.82) is 0 Å². The summed E-state index contributed by atoms with van der Waals surface area (Å²) in [6.07, 6.45) is 1.99. The number of nitrogens with zero attached hydrogens (tertiary/aromatic N) is 3. The molecule has 0 bridgehead atoms. The molecule has 2 aliphatic rings. The highest BCUT2D eigenvalue weighted by Gasteiger charge is 2.38. The van der Waals surface area contributed by atoms with E-state index in [1.165, 1.54) is 11.1 Å². The number of aromatic nitrogens is 1. The molecule has 6 nitrogen and oxygen atoms in total. The summed E-state index contributed by atoms with van der Waals surface area (Å²) in [5, 5.41) is 4.06. The smallest absolute Gasteiger partial charge is 0.318 e. The highest BCUT2D eigenvalue weighted by Crippen LogP contribution is 2.32. The number of benzene rings is 2. The van der Waals surface area contributed by atoms with Crippen molar-refractivity contribution in [2.24, 2.45) is 0 Å². The Kier molecular flexibility index (Phi) is 7.25. The second-order valence-electron chi connectivity index (χ2n) is 9.20. The number of aryl methyl sites for hydroxylation is 1. The third-order valence-corrected chi connectivity index (χ3v) is 7.94. The van der Waals surface area contributed by atoms with E-state index in [4.69, 9.17) is 9.72 Å². The zero-order valence-electron chi connectivity index (χ0n) is 20.3. The SMILES string of the molecule is COc1ccc(Sc2ccc(CN3CCC(N4C(=O)NC[C@H]4c4ccccc4)CC3)c(C)n2)cc1. The van der Waals surface area contributed by atoms with E-state index in [0.717, 1.165) is 53.8 Å². The minimum atomic E-state index is 0.0716. The van der Waals surface area contributed by atoms with Crippen molar-refractivity contribution in [3.8, 4) is 5.75 Å². The number of piperidine rings is 1. The number of pyridine rings is 1. The van der Waals surface area contributed by atoms with E-state index in [-0.39, 0.29) is 18.1 Å². The molecule has 1 aromatic heterocycles. The Morgan fingerprint density at radius 1 is 1.03 bits per heavy atom. The molecule has 2 aromatic carbocycles. The molecule has 0 unspecified atom stereocenters. The van der Waals surface area contributed by atoms with Crippen LogP contribution < -0.4 is 10.1 Å². The quantitative estimate of drug-likeness (QED) is 0.490. The summed E-state index contributed by atoms with van der Waals surface area (Å²) in [6, 6.07) is 23.2. The lowest BCUT2D eigenvalue weighted by atomic mass is 9.98. The number of carbonyl (C=O) groups is 1. The lowest BCUT2D eigenvalue weighted by molar-refractivity contribution is 0.112. The van der Waals surface area contributed by atoms with Crippen LogP contribution in [0.3, 0.4) is 0 Å². The van der Waals surface area contributed by atoms with Crippen LogP contribution in [0.15, 0.2) is 76.7 Å². The van der Waals surface area contributed by atoms with Gasteiger partial charge in [0.15, 0.2) is 0 Å². The summed E-state index contributed by atoms with van der Waals surface area (Å²) in [5.41, 5.74) is 3.56. The average Bonchev–Trinajstić information content (AvgIpc) is 3.28. The minimum absolute atomic E-state index is 0.0716. The molecule has 0 aliphatic carbocycles. The molecule has 2 fully saturated rings. The molecule has 1 atom stereocenters. The monoisotopic (exact) mass is 488 g/mol. The van der Waals surface area contributed by atoms with Gasteiger partial charge in [0.2, 0.25) is 0 Å². The fraction of sp³-hybridized carbons (Fsp3) is 0.357. The second-order valence-corrected chi connectivity index (χ2v) is 10.3.